The molecule has 2 N–H and O–H groups in total. The first-order valence-corrected chi connectivity index (χ1v) is 7.94. The van der Waals surface area contributed by atoms with E-state index < -0.39 is 0 Å². The van der Waals surface area contributed by atoms with Gasteiger partial charge < -0.3 is 15.3 Å². The average molecular weight is 309 g/mol. The molecule has 5 nitrogen and oxygen atoms in total. The quantitative estimate of drug-likeness (QED) is 0.899. The number of nitrogens with one attached hydrogen (secondary N) is 1. The summed E-state index contributed by atoms with van der Waals surface area (Å²) < 4.78 is 0. The number of anilines is 1. The molecular weight excluding hydrogens is 290 g/mol. The van der Waals surface area contributed by atoms with Crippen LogP contribution in [-0.4, -0.2) is 46.1 Å². The van der Waals surface area contributed by atoms with Crippen molar-refractivity contribution in [2.75, 3.05) is 18.5 Å². The molecular formula is C18H19N3O2. The van der Waals surface area contributed by atoms with Gasteiger partial charge in [0.25, 0.3) is 0 Å². The van der Waals surface area contributed by atoms with Crippen LogP contribution in [0, 0.1) is 0 Å². The van der Waals surface area contributed by atoms with E-state index in [1.165, 1.54) is 5.56 Å². The average Bonchev–Trinajstić information content (AvgIpc) is 2.56. The highest BCUT2D eigenvalue weighted by Gasteiger charge is 2.52. The molecule has 2 aliphatic rings. The highest BCUT2D eigenvalue weighted by Crippen LogP contribution is 2.46. The maximum absolute atomic E-state index is 12.7. The van der Waals surface area contributed by atoms with Gasteiger partial charge in [0.1, 0.15) is 0 Å². The first-order valence-electron chi connectivity index (χ1n) is 7.94. The minimum absolute atomic E-state index is 0.0105. The third-order valence-electron chi connectivity index (χ3n) is 4.90. The summed E-state index contributed by atoms with van der Waals surface area (Å²) in [7, 11) is 0. The number of carbonyl (C=O) groups is 1. The number of hydrogen-bond acceptors (Lipinski definition) is 4. The van der Waals surface area contributed by atoms with Crippen molar-refractivity contribution in [2.24, 2.45) is 0 Å². The van der Waals surface area contributed by atoms with E-state index in [-0.39, 0.29) is 36.9 Å². The van der Waals surface area contributed by atoms with Crippen LogP contribution in [0.3, 0.4) is 0 Å². The van der Waals surface area contributed by atoms with E-state index in [0.717, 1.165) is 17.9 Å². The lowest BCUT2D eigenvalue weighted by Gasteiger charge is -2.57. The monoisotopic (exact) mass is 309 g/mol. The number of aliphatic hydroxyl groups excluding tert-OH is 1. The number of pyridine rings is 1. The van der Waals surface area contributed by atoms with E-state index in [0.29, 0.717) is 0 Å². The zero-order valence-electron chi connectivity index (χ0n) is 12.7. The molecule has 118 valence electrons. The van der Waals surface area contributed by atoms with E-state index >= 15 is 0 Å². The number of fused-ring (bicyclic) bond motifs is 3. The largest absolute Gasteiger partial charge is 0.394 e. The maximum Gasteiger partial charge on any atom is 0.229 e. The fraction of sp³-hybridized carbons (Fsp3) is 0.333. The lowest BCUT2D eigenvalue weighted by Crippen LogP contribution is -2.69. The van der Waals surface area contributed by atoms with Crippen LogP contribution in [0.4, 0.5) is 5.69 Å². The predicted molar refractivity (Wildman–Crippen MR) is 87.1 cm³/mol. The molecule has 1 aromatic carbocycles. The molecule has 0 bridgehead atoms. The molecule has 2 aliphatic heterocycles. The minimum Gasteiger partial charge on any atom is -0.394 e. The van der Waals surface area contributed by atoms with Gasteiger partial charge in [-0.15, -0.1) is 0 Å². The Balaban J connectivity index is 1.56. The molecule has 5 heteroatoms. The van der Waals surface area contributed by atoms with Gasteiger partial charge in [-0.1, -0.05) is 24.3 Å². The van der Waals surface area contributed by atoms with Gasteiger partial charge >= 0.3 is 0 Å². The Morgan fingerprint density at radius 2 is 2.09 bits per heavy atom. The first-order chi connectivity index (χ1) is 11.3. The molecule has 1 fully saturated rings. The molecule has 2 aromatic rings. The van der Waals surface area contributed by atoms with Crippen molar-refractivity contribution in [3.8, 4) is 0 Å². The Morgan fingerprint density at radius 3 is 2.87 bits per heavy atom. The van der Waals surface area contributed by atoms with Crippen LogP contribution in [0.2, 0.25) is 0 Å². The number of para-hydroxylation sites is 1. The normalized spacial score (nSPS) is 24.9. The van der Waals surface area contributed by atoms with Gasteiger partial charge in [-0.3, -0.25) is 9.78 Å². The molecule has 0 spiro atoms. The van der Waals surface area contributed by atoms with Crippen LogP contribution in [0.1, 0.15) is 17.2 Å². The Morgan fingerprint density at radius 1 is 1.26 bits per heavy atom. The number of hydrogen-bond donors (Lipinski definition) is 2. The summed E-state index contributed by atoms with van der Waals surface area (Å²) in [6.45, 7) is 0.718. The molecule has 3 heterocycles. The first kappa shape index (κ1) is 14.2. The number of aromatic nitrogens is 1. The van der Waals surface area contributed by atoms with Crippen LogP contribution in [-0.2, 0) is 11.2 Å². The van der Waals surface area contributed by atoms with E-state index in [4.69, 9.17) is 0 Å². The maximum atomic E-state index is 12.7. The van der Waals surface area contributed by atoms with E-state index in [2.05, 4.69) is 22.4 Å². The van der Waals surface area contributed by atoms with E-state index in [9.17, 15) is 9.90 Å². The number of rotatable bonds is 3. The van der Waals surface area contributed by atoms with Crippen LogP contribution < -0.4 is 5.32 Å². The van der Waals surface area contributed by atoms with Crippen molar-refractivity contribution in [1.82, 2.24) is 9.88 Å². The molecule has 23 heavy (non-hydrogen) atoms. The molecule has 1 amide bonds. The Labute approximate surface area is 135 Å². The molecule has 0 radical (unpaired) electrons. The smallest absolute Gasteiger partial charge is 0.229 e. The van der Waals surface area contributed by atoms with Crippen molar-refractivity contribution >= 4 is 11.6 Å². The van der Waals surface area contributed by atoms with Crippen LogP contribution in [0.25, 0.3) is 0 Å². The zero-order valence-corrected chi connectivity index (χ0v) is 12.7. The van der Waals surface area contributed by atoms with Crippen LogP contribution in [0.15, 0.2) is 48.7 Å². The molecule has 0 saturated carbocycles. The molecule has 0 aliphatic carbocycles. The number of likely N-dealkylation sites (tertiary alicyclic amines) is 1. The van der Waals surface area contributed by atoms with Crippen molar-refractivity contribution < 1.29 is 9.90 Å². The number of amides is 1. The van der Waals surface area contributed by atoms with Gasteiger partial charge in [0.15, 0.2) is 0 Å². The van der Waals surface area contributed by atoms with Crippen molar-refractivity contribution in [2.45, 2.75) is 24.4 Å². The van der Waals surface area contributed by atoms with Crippen molar-refractivity contribution in [3.63, 3.8) is 0 Å². The lowest BCUT2D eigenvalue weighted by atomic mass is 9.72. The minimum atomic E-state index is -0.139. The topological polar surface area (TPSA) is 65.5 Å². The third-order valence-corrected chi connectivity index (χ3v) is 4.90. The molecule has 4 rings (SSSR count). The summed E-state index contributed by atoms with van der Waals surface area (Å²) in [5.74, 6) is 0.246. The fourth-order valence-electron chi connectivity index (χ4n) is 3.87. The SMILES string of the molecule is O=C(Cc1ccccn1)N1[C@@H]2CNc3ccccc3[C@@H]2[C@@H]1CO. The van der Waals surface area contributed by atoms with Crippen molar-refractivity contribution in [1.29, 1.82) is 0 Å². The highest BCUT2D eigenvalue weighted by atomic mass is 16.3. The molecule has 3 atom stereocenters. The summed E-state index contributed by atoms with van der Waals surface area (Å²) in [4.78, 5) is 18.7. The fourth-order valence-corrected chi connectivity index (χ4v) is 3.87. The third kappa shape index (κ3) is 2.28. The van der Waals surface area contributed by atoms with Gasteiger partial charge in [-0.2, -0.15) is 0 Å². The summed E-state index contributed by atoms with van der Waals surface area (Å²) in [6, 6.07) is 13.7. The lowest BCUT2D eigenvalue weighted by molar-refractivity contribution is -0.149. The predicted octanol–water partition coefficient (Wildman–Crippen LogP) is 1.41. The standard InChI is InChI=1S/C18H19N3O2/c22-11-16-18-13-6-1-2-7-14(13)20-10-15(18)21(16)17(23)9-12-5-3-4-8-19-12/h1-8,15-16,18,20,22H,9-11H2/t15-,16+,18+/m1/s1. The number of carbonyl (C=O) groups excluding carboxylic acids is 1. The molecule has 0 unspecified atom stereocenters. The van der Waals surface area contributed by atoms with Crippen LogP contribution in [0.5, 0.6) is 0 Å². The van der Waals surface area contributed by atoms with Gasteiger partial charge in [0, 0.05) is 30.0 Å². The van der Waals surface area contributed by atoms with Gasteiger partial charge in [0.2, 0.25) is 5.91 Å². The molecule has 1 saturated heterocycles. The second kappa shape index (κ2) is 5.66. The second-order valence-corrected chi connectivity index (χ2v) is 6.11. The van der Waals surface area contributed by atoms with Crippen LogP contribution >= 0.6 is 0 Å². The number of benzene rings is 1. The Kier molecular flexibility index (Phi) is 3.50. The van der Waals surface area contributed by atoms with Gasteiger partial charge in [-0.25, -0.2) is 0 Å². The Hall–Kier alpha value is -2.40. The van der Waals surface area contributed by atoms with E-state index in [1.54, 1.807) is 6.20 Å². The number of nitrogens with zero attached hydrogens (tertiary/aromatic N) is 2. The zero-order chi connectivity index (χ0) is 15.8. The van der Waals surface area contributed by atoms with Gasteiger partial charge in [0.05, 0.1) is 25.1 Å². The summed E-state index contributed by atoms with van der Waals surface area (Å²) in [5, 5.41) is 13.2. The summed E-state index contributed by atoms with van der Waals surface area (Å²) >= 11 is 0. The summed E-state index contributed by atoms with van der Waals surface area (Å²) in [6.07, 6.45) is 1.98. The second-order valence-electron chi connectivity index (χ2n) is 6.11. The summed E-state index contributed by atoms with van der Waals surface area (Å²) in [5.41, 5.74) is 3.08. The Bertz CT molecular complexity index is 719. The van der Waals surface area contributed by atoms with Gasteiger partial charge in [-0.05, 0) is 23.8 Å². The van der Waals surface area contributed by atoms with E-state index in [1.807, 2.05) is 35.2 Å². The number of aliphatic hydroxyl groups is 1. The van der Waals surface area contributed by atoms with Crippen molar-refractivity contribution in [3.05, 3.63) is 59.9 Å². The molecule has 1 aromatic heterocycles. The highest BCUT2D eigenvalue weighted by molar-refractivity contribution is 5.81.